The minimum Gasteiger partial charge on any atom is -0.274 e. The summed E-state index contributed by atoms with van der Waals surface area (Å²) in [6.07, 6.45) is -2.18. The maximum absolute atomic E-state index is 13.1. The highest BCUT2D eigenvalue weighted by Crippen LogP contribution is 2.34. The number of rotatable bonds is 2. The fourth-order valence-electron chi connectivity index (χ4n) is 3.08. The average Bonchev–Trinajstić information content (AvgIpc) is 2.91. The predicted molar refractivity (Wildman–Crippen MR) is 85.4 cm³/mol. The van der Waals surface area contributed by atoms with E-state index < -0.39 is 26.8 Å². The van der Waals surface area contributed by atoms with E-state index in [9.17, 15) is 21.6 Å². The van der Waals surface area contributed by atoms with Crippen molar-refractivity contribution in [3.8, 4) is 0 Å². The topological polar surface area (TPSA) is 55.2 Å². The van der Waals surface area contributed by atoms with Gasteiger partial charge >= 0.3 is 6.18 Å². The molecule has 1 aromatic carbocycles. The van der Waals surface area contributed by atoms with Gasteiger partial charge in [0.1, 0.15) is 4.90 Å². The van der Waals surface area contributed by atoms with Crippen LogP contribution in [0.5, 0.6) is 0 Å². The zero-order valence-corrected chi connectivity index (χ0v) is 14.4. The summed E-state index contributed by atoms with van der Waals surface area (Å²) in [4.78, 5) is -0.781. The zero-order chi connectivity index (χ0) is 18.2. The van der Waals surface area contributed by atoms with Gasteiger partial charge in [-0.05, 0) is 30.4 Å². The lowest BCUT2D eigenvalue weighted by molar-refractivity contribution is -0.143. The molecule has 2 aromatic rings. The van der Waals surface area contributed by atoms with Crippen molar-refractivity contribution in [2.75, 3.05) is 13.1 Å². The van der Waals surface area contributed by atoms with Gasteiger partial charge in [-0.2, -0.15) is 22.6 Å². The molecule has 0 aliphatic carbocycles. The summed E-state index contributed by atoms with van der Waals surface area (Å²) < 4.78 is 67.1. The Kier molecular flexibility index (Phi) is 4.63. The lowest BCUT2D eigenvalue weighted by Gasteiger charge is -2.25. The van der Waals surface area contributed by atoms with Crippen molar-refractivity contribution >= 4 is 10.0 Å². The monoisotopic (exact) mass is 373 g/mol. The van der Waals surface area contributed by atoms with E-state index in [4.69, 9.17) is 0 Å². The highest BCUT2D eigenvalue weighted by atomic mass is 32.2. The summed E-state index contributed by atoms with van der Waals surface area (Å²) in [7, 11) is -2.99. The highest BCUT2D eigenvalue weighted by Gasteiger charge is 2.42. The van der Waals surface area contributed by atoms with Crippen molar-refractivity contribution in [1.82, 2.24) is 14.1 Å². The van der Waals surface area contributed by atoms with Crippen LogP contribution in [0, 0.1) is 0 Å². The van der Waals surface area contributed by atoms with E-state index in [-0.39, 0.29) is 13.1 Å². The predicted octanol–water partition coefficient (Wildman–Crippen LogP) is 2.62. The van der Waals surface area contributed by atoms with E-state index in [1.807, 2.05) is 24.3 Å². The van der Waals surface area contributed by atoms with Crippen molar-refractivity contribution < 1.29 is 21.6 Å². The maximum atomic E-state index is 13.1. The van der Waals surface area contributed by atoms with Gasteiger partial charge in [-0.15, -0.1) is 0 Å². The number of aromatic nitrogens is 2. The Hall–Kier alpha value is -1.87. The molecule has 1 aromatic heterocycles. The Labute approximate surface area is 144 Å². The summed E-state index contributed by atoms with van der Waals surface area (Å²) in [5, 5.41) is 3.31. The molecular formula is C16H18F3N3O2S. The van der Waals surface area contributed by atoms with E-state index in [2.05, 4.69) is 5.10 Å². The fourth-order valence-corrected chi connectivity index (χ4v) is 4.75. The lowest BCUT2D eigenvalue weighted by Crippen LogP contribution is -2.36. The molecule has 0 saturated heterocycles. The van der Waals surface area contributed by atoms with Crippen molar-refractivity contribution in [3.63, 3.8) is 0 Å². The van der Waals surface area contributed by atoms with Crippen LogP contribution in [0.1, 0.15) is 23.2 Å². The highest BCUT2D eigenvalue weighted by molar-refractivity contribution is 7.89. The van der Waals surface area contributed by atoms with Crippen molar-refractivity contribution in [2.24, 2.45) is 7.05 Å². The number of alkyl halides is 3. The smallest absolute Gasteiger partial charge is 0.274 e. The molecule has 1 aliphatic heterocycles. The van der Waals surface area contributed by atoms with E-state index >= 15 is 0 Å². The number of aryl methyl sites for hydroxylation is 2. The summed E-state index contributed by atoms with van der Waals surface area (Å²) in [5.74, 6) is 0. The van der Waals surface area contributed by atoms with Gasteiger partial charge in [0.05, 0.1) is 0 Å². The molecule has 0 spiro atoms. The first kappa shape index (κ1) is 17.9. The van der Waals surface area contributed by atoms with Crippen LogP contribution in [0.3, 0.4) is 0 Å². The van der Waals surface area contributed by atoms with Gasteiger partial charge in [0.15, 0.2) is 5.69 Å². The molecular weight excluding hydrogens is 355 g/mol. The fraction of sp³-hybridized carbons (Fsp3) is 0.438. The molecule has 3 rings (SSSR count). The molecule has 0 radical (unpaired) electrons. The number of benzene rings is 1. The quantitative estimate of drug-likeness (QED) is 0.813. The maximum Gasteiger partial charge on any atom is 0.436 e. The molecule has 9 heteroatoms. The third kappa shape index (κ3) is 3.57. The zero-order valence-electron chi connectivity index (χ0n) is 13.6. The van der Waals surface area contributed by atoms with Gasteiger partial charge in [-0.3, -0.25) is 4.68 Å². The molecule has 2 heterocycles. The first-order chi connectivity index (χ1) is 11.7. The van der Waals surface area contributed by atoms with Crippen LogP contribution in [0.4, 0.5) is 13.2 Å². The van der Waals surface area contributed by atoms with Crippen LogP contribution in [-0.2, 0) is 36.1 Å². The summed E-state index contributed by atoms with van der Waals surface area (Å²) >= 11 is 0. The molecule has 25 heavy (non-hydrogen) atoms. The Morgan fingerprint density at radius 2 is 1.72 bits per heavy atom. The van der Waals surface area contributed by atoms with Crippen LogP contribution >= 0.6 is 0 Å². The van der Waals surface area contributed by atoms with Gasteiger partial charge < -0.3 is 0 Å². The minimum absolute atomic E-state index is 0.144. The average molecular weight is 373 g/mol. The van der Waals surface area contributed by atoms with Gasteiger partial charge in [-0.25, -0.2) is 8.42 Å². The first-order valence-corrected chi connectivity index (χ1v) is 9.31. The second kappa shape index (κ2) is 6.45. The number of halogens is 3. The standard InChI is InChI=1S/C16H18F3N3O2S/c1-21-11-14(15(20-21)16(17,18)19)25(23,24)22-9-4-7-12-5-2-3-6-13(12)8-10-22/h2-3,5-6,11H,4,7-10H2,1H3. The minimum atomic E-state index is -4.82. The summed E-state index contributed by atoms with van der Waals surface area (Å²) in [6.45, 7) is 0.328. The molecule has 136 valence electrons. The van der Waals surface area contributed by atoms with Crippen molar-refractivity contribution in [3.05, 3.63) is 47.3 Å². The van der Waals surface area contributed by atoms with Crippen LogP contribution in [-0.4, -0.2) is 35.6 Å². The Morgan fingerprint density at radius 3 is 2.36 bits per heavy atom. The number of fused-ring (bicyclic) bond motifs is 1. The third-order valence-corrected chi connectivity index (χ3v) is 6.18. The number of nitrogens with zero attached hydrogens (tertiary/aromatic N) is 3. The Morgan fingerprint density at radius 1 is 1.08 bits per heavy atom. The molecule has 0 atom stereocenters. The summed E-state index contributed by atoms with van der Waals surface area (Å²) in [5.41, 5.74) is 0.832. The number of hydrogen-bond donors (Lipinski definition) is 0. The van der Waals surface area contributed by atoms with Gasteiger partial charge in [0.25, 0.3) is 0 Å². The third-order valence-electron chi connectivity index (χ3n) is 4.28. The molecule has 0 N–H and O–H groups in total. The molecule has 5 nitrogen and oxygen atoms in total. The summed E-state index contributed by atoms with van der Waals surface area (Å²) in [6, 6.07) is 7.74. The number of sulfonamides is 1. The van der Waals surface area contributed by atoms with Crippen molar-refractivity contribution in [1.29, 1.82) is 0 Å². The second-order valence-corrected chi connectivity index (χ2v) is 7.95. The Balaban J connectivity index is 1.94. The first-order valence-electron chi connectivity index (χ1n) is 7.87. The molecule has 0 saturated carbocycles. The van der Waals surface area contributed by atoms with Crippen LogP contribution in [0.15, 0.2) is 35.4 Å². The second-order valence-electron chi connectivity index (χ2n) is 6.04. The van der Waals surface area contributed by atoms with E-state index in [1.165, 1.54) is 7.05 Å². The van der Waals surface area contributed by atoms with Gasteiger partial charge in [0.2, 0.25) is 10.0 Å². The van der Waals surface area contributed by atoms with E-state index in [0.717, 1.165) is 26.3 Å². The van der Waals surface area contributed by atoms with E-state index in [0.29, 0.717) is 19.3 Å². The molecule has 0 amide bonds. The molecule has 0 fully saturated rings. The Bertz CT molecular complexity index is 875. The molecule has 1 aliphatic rings. The van der Waals surface area contributed by atoms with Crippen LogP contribution in [0.25, 0.3) is 0 Å². The largest absolute Gasteiger partial charge is 0.436 e. The van der Waals surface area contributed by atoms with Crippen LogP contribution in [0.2, 0.25) is 0 Å². The van der Waals surface area contributed by atoms with Crippen molar-refractivity contribution in [2.45, 2.75) is 30.3 Å². The van der Waals surface area contributed by atoms with Gasteiger partial charge in [0, 0.05) is 26.3 Å². The van der Waals surface area contributed by atoms with Gasteiger partial charge in [-0.1, -0.05) is 24.3 Å². The van der Waals surface area contributed by atoms with E-state index in [1.54, 1.807) is 0 Å². The molecule has 0 bridgehead atoms. The normalized spacial score (nSPS) is 17.0. The number of hydrogen-bond acceptors (Lipinski definition) is 3. The van der Waals surface area contributed by atoms with Crippen LogP contribution < -0.4 is 0 Å². The molecule has 0 unspecified atom stereocenters. The SMILES string of the molecule is Cn1cc(S(=O)(=O)N2CCCc3ccccc3CC2)c(C(F)(F)F)n1. The lowest BCUT2D eigenvalue weighted by atomic mass is 9.99.